The van der Waals surface area contributed by atoms with Gasteiger partial charge in [-0.1, -0.05) is 0 Å². The first-order valence-electron chi connectivity index (χ1n) is 7.25. The highest BCUT2D eigenvalue weighted by Gasteiger charge is 2.37. The van der Waals surface area contributed by atoms with E-state index in [0.717, 1.165) is 30.7 Å². The van der Waals surface area contributed by atoms with E-state index in [1.165, 1.54) is 19.4 Å². The van der Waals surface area contributed by atoms with Gasteiger partial charge in [0, 0.05) is 37.6 Å². The monoisotopic (exact) mass is 248 g/mol. The van der Waals surface area contributed by atoms with Gasteiger partial charge < -0.3 is 9.73 Å². The minimum Gasteiger partial charge on any atom is -0.469 e. The molecule has 1 N–H and O–H groups in total. The highest BCUT2D eigenvalue weighted by molar-refractivity contribution is 5.02. The van der Waals surface area contributed by atoms with Crippen molar-refractivity contribution in [1.29, 1.82) is 0 Å². The average molecular weight is 248 g/mol. The Hall–Kier alpha value is -0.800. The molecule has 0 bridgehead atoms. The van der Waals surface area contributed by atoms with Crippen molar-refractivity contribution in [3.8, 4) is 0 Å². The Balaban J connectivity index is 1.61. The van der Waals surface area contributed by atoms with Crippen LogP contribution in [0.5, 0.6) is 0 Å². The van der Waals surface area contributed by atoms with Gasteiger partial charge in [-0.05, 0) is 44.7 Å². The van der Waals surface area contributed by atoms with Crippen molar-refractivity contribution in [2.24, 2.45) is 5.92 Å². The molecule has 1 aliphatic carbocycles. The average Bonchev–Trinajstić information content (AvgIpc) is 3.09. The minimum absolute atomic E-state index is 0.564. The predicted octanol–water partition coefficient (Wildman–Crippen LogP) is 2.28. The van der Waals surface area contributed by atoms with Crippen LogP contribution < -0.4 is 5.32 Å². The van der Waals surface area contributed by atoms with Gasteiger partial charge in [0.1, 0.15) is 5.76 Å². The number of nitrogens with one attached hydrogen (secondary N) is 1. The van der Waals surface area contributed by atoms with Crippen LogP contribution in [0.15, 0.2) is 22.8 Å². The second kappa shape index (κ2) is 5.06. The molecular formula is C15H24N2O. The molecular weight excluding hydrogens is 224 g/mol. The molecule has 0 aromatic carbocycles. The minimum atomic E-state index is 0.564. The van der Waals surface area contributed by atoms with Crippen molar-refractivity contribution in [2.75, 3.05) is 13.1 Å². The molecule has 1 saturated heterocycles. The van der Waals surface area contributed by atoms with Crippen LogP contribution in [0.1, 0.15) is 32.4 Å². The third-order valence-electron chi connectivity index (χ3n) is 4.48. The van der Waals surface area contributed by atoms with Crippen molar-refractivity contribution in [3.63, 3.8) is 0 Å². The van der Waals surface area contributed by atoms with Gasteiger partial charge in [0.15, 0.2) is 0 Å². The molecule has 0 amide bonds. The van der Waals surface area contributed by atoms with Gasteiger partial charge in [0.2, 0.25) is 0 Å². The topological polar surface area (TPSA) is 28.4 Å². The fourth-order valence-electron chi connectivity index (χ4n) is 3.18. The lowest BCUT2D eigenvalue weighted by atomic mass is 10.0. The summed E-state index contributed by atoms with van der Waals surface area (Å²) in [6, 6.07) is 5.98. The molecule has 100 valence electrons. The first-order chi connectivity index (χ1) is 8.74. The smallest absolute Gasteiger partial charge is 0.105 e. The van der Waals surface area contributed by atoms with Crippen molar-refractivity contribution in [1.82, 2.24) is 10.2 Å². The highest BCUT2D eigenvalue weighted by Crippen LogP contribution is 2.34. The van der Waals surface area contributed by atoms with Crippen molar-refractivity contribution in [3.05, 3.63) is 24.2 Å². The van der Waals surface area contributed by atoms with Gasteiger partial charge in [-0.15, -0.1) is 0 Å². The van der Waals surface area contributed by atoms with Gasteiger partial charge in [0.25, 0.3) is 0 Å². The fraction of sp³-hybridized carbons (Fsp3) is 0.733. The zero-order chi connectivity index (χ0) is 12.5. The Kier molecular flexibility index (Phi) is 3.44. The van der Waals surface area contributed by atoms with Gasteiger partial charge >= 0.3 is 0 Å². The third-order valence-corrected chi connectivity index (χ3v) is 4.48. The maximum absolute atomic E-state index is 5.47. The lowest BCUT2D eigenvalue weighted by Gasteiger charge is -2.42. The Morgan fingerprint density at radius 1 is 1.50 bits per heavy atom. The molecule has 18 heavy (non-hydrogen) atoms. The molecule has 3 atom stereocenters. The summed E-state index contributed by atoms with van der Waals surface area (Å²) in [6.07, 6.45) is 5.64. The summed E-state index contributed by atoms with van der Waals surface area (Å²) < 4.78 is 5.47. The molecule has 2 aliphatic rings. The highest BCUT2D eigenvalue weighted by atomic mass is 16.3. The van der Waals surface area contributed by atoms with Crippen LogP contribution in [0.4, 0.5) is 0 Å². The van der Waals surface area contributed by atoms with E-state index < -0.39 is 0 Å². The maximum atomic E-state index is 5.47. The third kappa shape index (κ3) is 2.62. The molecule has 1 saturated carbocycles. The van der Waals surface area contributed by atoms with Crippen molar-refractivity contribution in [2.45, 2.75) is 51.2 Å². The number of nitrogens with zero attached hydrogens (tertiary/aromatic N) is 1. The quantitative estimate of drug-likeness (QED) is 0.886. The number of rotatable bonds is 4. The van der Waals surface area contributed by atoms with Crippen LogP contribution in [0, 0.1) is 5.92 Å². The Morgan fingerprint density at radius 3 is 3.00 bits per heavy atom. The predicted molar refractivity (Wildman–Crippen MR) is 72.6 cm³/mol. The van der Waals surface area contributed by atoms with E-state index in [9.17, 15) is 0 Å². The van der Waals surface area contributed by atoms with Gasteiger partial charge in [-0.2, -0.15) is 0 Å². The number of furan rings is 1. The summed E-state index contributed by atoms with van der Waals surface area (Å²) in [6.45, 7) is 6.99. The molecule has 2 fully saturated rings. The summed E-state index contributed by atoms with van der Waals surface area (Å²) in [5.74, 6) is 2.05. The number of hydrogen-bond donors (Lipinski definition) is 1. The number of piperazine rings is 1. The SMILES string of the molecule is CC1CNC(C2CC2)CN1C(C)Cc1ccco1. The van der Waals surface area contributed by atoms with Crippen molar-refractivity contribution >= 4 is 0 Å². The molecule has 3 nitrogen and oxygen atoms in total. The van der Waals surface area contributed by atoms with Crippen LogP contribution >= 0.6 is 0 Å². The van der Waals surface area contributed by atoms with Crippen LogP contribution in [0.25, 0.3) is 0 Å². The van der Waals surface area contributed by atoms with E-state index in [1.54, 1.807) is 6.26 Å². The van der Waals surface area contributed by atoms with Gasteiger partial charge in [-0.3, -0.25) is 4.90 Å². The van der Waals surface area contributed by atoms with Crippen LogP contribution in [-0.4, -0.2) is 36.1 Å². The molecule has 2 heterocycles. The molecule has 3 rings (SSSR count). The molecule has 0 spiro atoms. The Morgan fingerprint density at radius 2 is 2.33 bits per heavy atom. The first-order valence-corrected chi connectivity index (χ1v) is 7.25. The molecule has 3 heteroatoms. The van der Waals surface area contributed by atoms with E-state index in [1.807, 2.05) is 6.07 Å². The molecule has 1 aromatic heterocycles. The first kappa shape index (κ1) is 12.2. The zero-order valence-electron chi connectivity index (χ0n) is 11.4. The number of hydrogen-bond acceptors (Lipinski definition) is 3. The van der Waals surface area contributed by atoms with Crippen molar-refractivity contribution < 1.29 is 4.42 Å². The standard InChI is InChI=1S/C15H24N2O/c1-11(8-14-4-3-7-18-14)17-10-15(13-5-6-13)16-9-12(17)2/h3-4,7,11-13,15-16H,5-6,8-10H2,1-2H3. The summed E-state index contributed by atoms with van der Waals surface area (Å²) in [7, 11) is 0. The molecule has 1 aromatic rings. The van der Waals surface area contributed by atoms with Crippen LogP contribution in [-0.2, 0) is 6.42 Å². The lowest BCUT2D eigenvalue weighted by Crippen LogP contribution is -2.58. The summed E-state index contributed by atoms with van der Waals surface area (Å²) >= 11 is 0. The summed E-state index contributed by atoms with van der Waals surface area (Å²) in [5.41, 5.74) is 0. The molecule has 0 radical (unpaired) electrons. The zero-order valence-corrected chi connectivity index (χ0v) is 11.4. The van der Waals surface area contributed by atoms with Crippen LogP contribution in [0.3, 0.4) is 0 Å². The molecule has 3 unspecified atom stereocenters. The largest absolute Gasteiger partial charge is 0.469 e. The van der Waals surface area contributed by atoms with E-state index in [4.69, 9.17) is 4.42 Å². The van der Waals surface area contributed by atoms with E-state index in [-0.39, 0.29) is 0 Å². The normalized spacial score (nSPS) is 31.4. The van der Waals surface area contributed by atoms with E-state index in [2.05, 4.69) is 30.1 Å². The maximum Gasteiger partial charge on any atom is 0.105 e. The Labute approximate surface area is 110 Å². The summed E-state index contributed by atoms with van der Waals surface area (Å²) in [4.78, 5) is 2.65. The van der Waals surface area contributed by atoms with Gasteiger partial charge in [-0.25, -0.2) is 0 Å². The van der Waals surface area contributed by atoms with Gasteiger partial charge in [0.05, 0.1) is 6.26 Å². The van der Waals surface area contributed by atoms with Crippen LogP contribution in [0.2, 0.25) is 0 Å². The second-order valence-corrected chi connectivity index (χ2v) is 6.03. The van der Waals surface area contributed by atoms with E-state index in [0.29, 0.717) is 12.1 Å². The lowest BCUT2D eigenvalue weighted by molar-refractivity contribution is 0.0900. The fourth-order valence-corrected chi connectivity index (χ4v) is 3.18. The second-order valence-electron chi connectivity index (χ2n) is 6.03. The summed E-state index contributed by atoms with van der Waals surface area (Å²) in [5, 5.41) is 3.71. The van der Waals surface area contributed by atoms with E-state index >= 15 is 0 Å². The molecule has 1 aliphatic heterocycles. The Bertz CT molecular complexity index is 372.